The van der Waals surface area contributed by atoms with Crippen molar-refractivity contribution >= 4 is 35.2 Å². The first-order valence-corrected chi connectivity index (χ1v) is 13.3. The number of carboxylic acid groups (broad SMARTS) is 1. The van der Waals surface area contributed by atoms with Gasteiger partial charge in [0.25, 0.3) is 0 Å². The van der Waals surface area contributed by atoms with E-state index in [-0.39, 0.29) is 31.3 Å². The molecule has 0 aromatic heterocycles. The number of ether oxygens (including phenoxy) is 1. The minimum Gasteiger partial charge on any atom is -0.481 e. The van der Waals surface area contributed by atoms with Crippen molar-refractivity contribution in [3.8, 4) is 0 Å². The lowest BCUT2D eigenvalue weighted by Crippen LogP contribution is -2.43. The Kier molecular flexibility index (Phi) is 11.9. The van der Waals surface area contributed by atoms with Crippen molar-refractivity contribution < 1.29 is 29.0 Å². The molecule has 0 heterocycles. The zero-order valence-electron chi connectivity index (χ0n) is 23.3. The van der Waals surface area contributed by atoms with Crippen molar-refractivity contribution in [2.24, 2.45) is 0 Å². The Hall–Kier alpha value is -4.70. The molecule has 1 atom stereocenters. The van der Waals surface area contributed by atoms with Gasteiger partial charge >= 0.3 is 12.0 Å². The molecule has 10 nitrogen and oxygen atoms in total. The number of nitrogens with zero attached hydrogens (tertiary/aromatic N) is 1. The first-order valence-electron chi connectivity index (χ1n) is 13.3. The van der Waals surface area contributed by atoms with Gasteiger partial charge in [0, 0.05) is 31.6 Å². The average Bonchev–Trinajstić information content (AvgIpc) is 2.95. The topological polar surface area (TPSA) is 137 Å². The number of carbonyl (C=O) groups is 4. The zero-order chi connectivity index (χ0) is 29.6. The molecule has 4 N–H and O–H groups in total. The van der Waals surface area contributed by atoms with E-state index in [0.29, 0.717) is 42.1 Å². The lowest BCUT2D eigenvalue weighted by atomic mass is 10.0. The van der Waals surface area contributed by atoms with E-state index in [1.165, 1.54) is 4.90 Å². The van der Waals surface area contributed by atoms with E-state index < -0.39 is 17.9 Å². The van der Waals surface area contributed by atoms with E-state index in [4.69, 9.17) is 4.74 Å². The number of hydrogen-bond acceptors (Lipinski definition) is 5. The van der Waals surface area contributed by atoms with Crippen LogP contribution in [0.15, 0.2) is 78.9 Å². The summed E-state index contributed by atoms with van der Waals surface area (Å²) in [6.45, 7) is 2.40. The Morgan fingerprint density at radius 1 is 0.902 bits per heavy atom. The maximum absolute atomic E-state index is 13.2. The molecule has 0 aliphatic rings. The third-order valence-corrected chi connectivity index (χ3v) is 6.34. The van der Waals surface area contributed by atoms with Gasteiger partial charge in [0.2, 0.25) is 11.8 Å². The Balaban J connectivity index is 1.60. The number of carboxylic acids is 1. The Morgan fingerprint density at radius 3 is 2.24 bits per heavy atom. The zero-order valence-corrected chi connectivity index (χ0v) is 23.3. The molecule has 3 rings (SSSR count). The van der Waals surface area contributed by atoms with Gasteiger partial charge in [0.15, 0.2) is 0 Å². The molecule has 4 amide bonds. The number of aliphatic carboxylic acids is 1. The molecule has 10 heteroatoms. The molecular formula is C31H36N4O6. The third-order valence-electron chi connectivity index (χ3n) is 6.34. The fraction of sp³-hybridized carbons (Fsp3) is 0.290. The molecule has 0 aliphatic carbocycles. The lowest BCUT2D eigenvalue weighted by Gasteiger charge is -2.24. The summed E-state index contributed by atoms with van der Waals surface area (Å²) < 4.78 is 5.11. The van der Waals surface area contributed by atoms with Crippen LogP contribution in [0.3, 0.4) is 0 Å². The molecule has 216 valence electrons. The highest BCUT2D eigenvalue weighted by Crippen LogP contribution is 2.18. The monoisotopic (exact) mass is 560 g/mol. The van der Waals surface area contributed by atoms with Gasteiger partial charge in [-0.05, 0) is 48.2 Å². The van der Waals surface area contributed by atoms with Gasteiger partial charge < -0.3 is 30.7 Å². The van der Waals surface area contributed by atoms with Gasteiger partial charge in [-0.15, -0.1) is 0 Å². The molecule has 0 saturated heterocycles. The van der Waals surface area contributed by atoms with Crippen molar-refractivity contribution in [2.75, 3.05) is 37.4 Å². The van der Waals surface area contributed by atoms with Crippen molar-refractivity contribution in [3.05, 3.63) is 95.6 Å². The number of para-hydroxylation sites is 1. The molecule has 0 spiro atoms. The van der Waals surface area contributed by atoms with Crippen LogP contribution in [0.5, 0.6) is 0 Å². The van der Waals surface area contributed by atoms with E-state index in [0.717, 1.165) is 5.56 Å². The Morgan fingerprint density at radius 2 is 1.59 bits per heavy atom. The number of benzene rings is 3. The maximum atomic E-state index is 13.2. The van der Waals surface area contributed by atoms with E-state index in [9.17, 15) is 24.3 Å². The van der Waals surface area contributed by atoms with Crippen LogP contribution in [-0.2, 0) is 25.5 Å². The molecule has 0 saturated carbocycles. The summed E-state index contributed by atoms with van der Waals surface area (Å²) in [5, 5.41) is 17.7. The molecule has 0 unspecified atom stereocenters. The average molecular weight is 561 g/mol. The smallest absolute Gasteiger partial charge is 0.323 e. The number of nitrogens with one attached hydrogen (secondary N) is 3. The van der Waals surface area contributed by atoms with Crippen LogP contribution in [0.2, 0.25) is 0 Å². The number of carbonyl (C=O) groups excluding carboxylic acids is 3. The standard InChI is InChI=1S/C31H36N4O6/c1-22-9-6-7-12-26(22)34-31(40)32-25-15-13-23(14-16-25)19-29(37)35(17-8-18-41-2)21-28(36)33-27(20-30(38)39)24-10-4-3-5-11-24/h3-7,9-16,27H,8,17-21H2,1-2H3,(H,33,36)(H,38,39)(H2,32,34,40)/t27-/m0/s1. The number of rotatable bonds is 14. The van der Waals surface area contributed by atoms with Crippen LogP contribution in [-0.4, -0.2) is 60.6 Å². The van der Waals surface area contributed by atoms with Crippen LogP contribution in [0.25, 0.3) is 0 Å². The number of aryl methyl sites for hydroxylation is 1. The van der Waals surface area contributed by atoms with Gasteiger partial charge in [0.05, 0.1) is 25.4 Å². The first-order chi connectivity index (χ1) is 19.7. The molecule has 41 heavy (non-hydrogen) atoms. The molecule has 0 bridgehead atoms. The van der Waals surface area contributed by atoms with Crippen molar-refractivity contribution in [1.29, 1.82) is 0 Å². The van der Waals surface area contributed by atoms with Crippen LogP contribution in [0.4, 0.5) is 16.2 Å². The Labute approximate surface area is 239 Å². The second-order valence-corrected chi connectivity index (χ2v) is 9.56. The number of methoxy groups -OCH3 is 1. The molecular weight excluding hydrogens is 524 g/mol. The fourth-order valence-corrected chi connectivity index (χ4v) is 4.21. The van der Waals surface area contributed by atoms with Crippen LogP contribution >= 0.6 is 0 Å². The Bertz CT molecular complexity index is 1310. The number of urea groups is 1. The van der Waals surface area contributed by atoms with E-state index in [1.807, 2.05) is 37.3 Å². The van der Waals surface area contributed by atoms with Gasteiger partial charge in [0.1, 0.15) is 0 Å². The minimum absolute atomic E-state index is 0.0488. The van der Waals surface area contributed by atoms with Crippen molar-refractivity contribution in [1.82, 2.24) is 10.2 Å². The predicted octanol–water partition coefficient (Wildman–Crippen LogP) is 4.38. The third kappa shape index (κ3) is 10.4. The second kappa shape index (κ2) is 15.8. The highest BCUT2D eigenvalue weighted by molar-refractivity contribution is 6.00. The van der Waals surface area contributed by atoms with Gasteiger partial charge in [-0.25, -0.2) is 4.79 Å². The summed E-state index contributed by atoms with van der Waals surface area (Å²) in [4.78, 5) is 51.4. The molecule has 0 fully saturated rings. The van der Waals surface area contributed by atoms with E-state index in [2.05, 4.69) is 16.0 Å². The number of amides is 4. The molecule has 3 aromatic carbocycles. The first kappa shape index (κ1) is 30.8. The maximum Gasteiger partial charge on any atom is 0.323 e. The van der Waals surface area contributed by atoms with Crippen molar-refractivity contribution in [3.63, 3.8) is 0 Å². The SMILES string of the molecule is COCCCN(CC(=O)N[C@@H](CC(=O)O)c1ccccc1)C(=O)Cc1ccc(NC(=O)Nc2ccccc2C)cc1. The van der Waals surface area contributed by atoms with Crippen LogP contribution < -0.4 is 16.0 Å². The van der Waals surface area contributed by atoms with E-state index in [1.54, 1.807) is 55.6 Å². The summed E-state index contributed by atoms with van der Waals surface area (Å²) in [6, 6.07) is 22.1. The van der Waals surface area contributed by atoms with Crippen LogP contribution in [0.1, 0.15) is 35.6 Å². The summed E-state index contributed by atoms with van der Waals surface area (Å²) >= 11 is 0. The summed E-state index contributed by atoms with van der Waals surface area (Å²) in [6.07, 6.45) is 0.301. The largest absolute Gasteiger partial charge is 0.481 e. The normalized spacial score (nSPS) is 11.3. The number of anilines is 2. The fourth-order valence-electron chi connectivity index (χ4n) is 4.21. The molecule has 0 aliphatic heterocycles. The second-order valence-electron chi connectivity index (χ2n) is 9.56. The van der Waals surface area contributed by atoms with Crippen LogP contribution in [0, 0.1) is 6.92 Å². The lowest BCUT2D eigenvalue weighted by molar-refractivity contribution is -0.139. The predicted molar refractivity (Wildman–Crippen MR) is 157 cm³/mol. The van der Waals surface area contributed by atoms with Gasteiger partial charge in [-0.3, -0.25) is 14.4 Å². The minimum atomic E-state index is -1.04. The molecule has 3 aromatic rings. The summed E-state index contributed by atoms with van der Waals surface area (Å²) in [5.74, 6) is -1.76. The van der Waals surface area contributed by atoms with Crippen molar-refractivity contribution in [2.45, 2.75) is 32.2 Å². The van der Waals surface area contributed by atoms with Gasteiger partial charge in [-0.1, -0.05) is 60.7 Å². The summed E-state index contributed by atoms with van der Waals surface area (Å²) in [5.41, 5.74) is 3.60. The van der Waals surface area contributed by atoms with Gasteiger partial charge in [-0.2, -0.15) is 0 Å². The van der Waals surface area contributed by atoms with E-state index >= 15 is 0 Å². The highest BCUT2D eigenvalue weighted by Gasteiger charge is 2.22. The number of hydrogen-bond donors (Lipinski definition) is 4. The molecule has 0 radical (unpaired) electrons. The quantitative estimate of drug-likeness (QED) is 0.216. The highest BCUT2D eigenvalue weighted by atomic mass is 16.5. The summed E-state index contributed by atoms with van der Waals surface area (Å²) in [7, 11) is 1.56.